The summed E-state index contributed by atoms with van der Waals surface area (Å²) in [6.07, 6.45) is 0. The Labute approximate surface area is 137 Å². The van der Waals surface area contributed by atoms with E-state index in [4.69, 9.17) is 15.6 Å². The third-order valence-corrected chi connectivity index (χ3v) is 4.26. The molecule has 0 bridgehead atoms. The first kappa shape index (κ1) is 15.4. The highest BCUT2D eigenvalue weighted by molar-refractivity contribution is 8.13. The molecule has 0 spiro atoms. The average Bonchev–Trinajstić information content (AvgIpc) is 2.54. The molecule has 3 rings (SSSR count). The van der Waals surface area contributed by atoms with E-state index in [1.807, 2.05) is 49.4 Å². The predicted octanol–water partition coefficient (Wildman–Crippen LogP) is 3.90. The summed E-state index contributed by atoms with van der Waals surface area (Å²) in [7, 11) is 0. The van der Waals surface area contributed by atoms with Gasteiger partial charge in [0.15, 0.2) is 10.6 Å². The first-order valence-electron chi connectivity index (χ1n) is 7.14. The van der Waals surface area contributed by atoms with Gasteiger partial charge in [0.1, 0.15) is 11.3 Å². The highest BCUT2D eigenvalue weighted by Crippen LogP contribution is 2.27. The fraction of sp³-hybridized carbons (Fsp3) is 0.111. The molecule has 4 nitrogen and oxygen atoms in total. The van der Waals surface area contributed by atoms with Crippen LogP contribution < -0.4 is 11.2 Å². The van der Waals surface area contributed by atoms with Gasteiger partial charge in [-0.15, -0.1) is 0 Å². The lowest BCUT2D eigenvalue weighted by molar-refractivity contribution is 0.615. The van der Waals surface area contributed by atoms with Crippen LogP contribution in [0.3, 0.4) is 0 Å². The summed E-state index contributed by atoms with van der Waals surface area (Å²) in [5.74, 6) is 1.04. The second-order valence-electron chi connectivity index (χ2n) is 5.29. The molecule has 0 fully saturated rings. The van der Waals surface area contributed by atoms with E-state index in [0.717, 1.165) is 16.7 Å². The third kappa shape index (κ3) is 3.29. The van der Waals surface area contributed by atoms with Crippen LogP contribution >= 0.6 is 11.8 Å². The van der Waals surface area contributed by atoms with Crippen molar-refractivity contribution < 1.29 is 4.42 Å². The number of nitrogens with two attached hydrogens (primary N) is 1. The zero-order chi connectivity index (χ0) is 16.4. The zero-order valence-corrected chi connectivity index (χ0v) is 13.4. The van der Waals surface area contributed by atoms with Crippen molar-refractivity contribution in [1.29, 1.82) is 5.41 Å². The molecule has 1 heterocycles. The molecule has 0 radical (unpaired) electrons. The Morgan fingerprint density at radius 2 is 1.96 bits per heavy atom. The van der Waals surface area contributed by atoms with Crippen molar-refractivity contribution in [2.45, 2.75) is 12.7 Å². The fourth-order valence-electron chi connectivity index (χ4n) is 2.50. The van der Waals surface area contributed by atoms with Gasteiger partial charge in [-0.05, 0) is 18.6 Å². The highest BCUT2D eigenvalue weighted by Gasteiger charge is 2.12. The van der Waals surface area contributed by atoms with Gasteiger partial charge < -0.3 is 10.2 Å². The topological polar surface area (TPSA) is 80.1 Å². The molecule has 3 N–H and O–H groups in total. The predicted molar refractivity (Wildman–Crippen MR) is 95.9 cm³/mol. The lowest BCUT2D eigenvalue weighted by Gasteiger charge is -2.09. The van der Waals surface area contributed by atoms with Crippen LogP contribution in [-0.2, 0) is 5.75 Å². The van der Waals surface area contributed by atoms with E-state index in [0.29, 0.717) is 22.5 Å². The van der Waals surface area contributed by atoms with Gasteiger partial charge in [-0.1, -0.05) is 48.2 Å². The maximum Gasteiger partial charge on any atom is 0.193 e. The Kier molecular flexibility index (Phi) is 4.21. The Morgan fingerprint density at radius 3 is 2.65 bits per heavy atom. The van der Waals surface area contributed by atoms with Crippen LogP contribution in [0.25, 0.3) is 22.3 Å². The van der Waals surface area contributed by atoms with Crippen molar-refractivity contribution in [3.05, 3.63) is 69.9 Å². The molecule has 0 saturated carbocycles. The summed E-state index contributed by atoms with van der Waals surface area (Å²) >= 11 is 1.21. The molecule has 23 heavy (non-hydrogen) atoms. The van der Waals surface area contributed by atoms with Crippen molar-refractivity contribution in [2.75, 3.05) is 0 Å². The molecule has 0 aliphatic heterocycles. The zero-order valence-electron chi connectivity index (χ0n) is 12.6. The summed E-state index contributed by atoms with van der Waals surface area (Å²) in [6, 6.07) is 14.9. The number of aryl methyl sites for hydroxylation is 1. The minimum Gasteiger partial charge on any atom is -0.455 e. The summed E-state index contributed by atoms with van der Waals surface area (Å²) < 4.78 is 6.02. The van der Waals surface area contributed by atoms with Crippen LogP contribution in [-0.4, -0.2) is 5.17 Å². The highest BCUT2D eigenvalue weighted by atomic mass is 32.2. The number of hydrogen-bond donors (Lipinski definition) is 2. The minimum absolute atomic E-state index is 0.0428. The normalized spacial score (nSPS) is 10.8. The first-order valence-corrected chi connectivity index (χ1v) is 8.13. The molecule has 0 aliphatic carbocycles. The fourth-order valence-corrected chi connectivity index (χ4v) is 3.02. The van der Waals surface area contributed by atoms with Gasteiger partial charge in [-0.2, -0.15) is 0 Å². The minimum atomic E-state index is -0.0668. The Morgan fingerprint density at radius 1 is 1.22 bits per heavy atom. The maximum atomic E-state index is 12.5. The molecule has 5 heteroatoms. The lowest BCUT2D eigenvalue weighted by Crippen LogP contribution is -2.06. The van der Waals surface area contributed by atoms with Crippen molar-refractivity contribution >= 4 is 27.9 Å². The van der Waals surface area contributed by atoms with Crippen LogP contribution in [0.5, 0.6) is 0 Å². The molecule has 0 amide bonds. The van der Waals surface area contributed by atoms with E-state index in [1.165, 1.54) is 17.8 Å². The van der Waals surface area contributed by atoms with Crippen molar-refractivity contribution in [1.82, 2.24) is 0 Å². The van der Waals surface area contributed by atoms with Gasteiger partial charge >= 0.3 is 0 Å². The van der Waals surface area contributed by atoms with Crippen molar-refractivity contribution in [3.8, 4) is 11.3 Å². The van der Waals surface area contributed by atoms with E-state index < -0.39 is 0 Å². The van der Waals surface area contributed by atoms with Crippen LogP contribution in [0.4, 0.5) is 0 Å². The Bertz CT molecular complexity index is 933. The average molecular weight is 324 g/mol. The molecule has 1 aromatic heterocycles. The van der Waals surface area contributed by atoms with Gasteiger partial charge in [0.2, 0.25) is 0 Å². The second kappa shape index (κ2) is 6.30. The molecular weight excluding hydrogens is 308 g/mol. The summed E-state index contributed by atoms with van der Waals surface area (Å²) in [4.78, 5) is 12.5. The first-order chi connectivity index (χ1) is 11.0. The van der Waals surface area contributed by atoms with E-state index in [-0.39, 0.29) is 10.6 Å². The van der Waals surface area contributed by atoms with Gasteiger partial charge in [-0.3, -0.25) is 10.2 Å². The van der Waals surface area contributed by atoms with Crippen molar-refractivity contribution in [2.24, 2.45) is 5.73 Å². The molecule has 2 aromatic carbocycles. The summed E-state index contributed by atoms with van der Waals surface area (Å²) in [5.41, 5.74) is 8.64. The molecular formula is C18H16N2O2S. The van der Waals surface area contributed by atoms with Gasteiger partial charge in [0, 0.05) is 22.9 Å². The van der Waals surface area contributed by atoms with Crippen LogP contribution in [0.2, 0.25) is 0 Å². The standard InChI is InChI=1S/C18H16N2O2S/c1-11-7-13(10-23-18(19)20)17-14(8-11)15(21)9-16(22-17)12-5-3-2-4-6-12/h2-9H,10H2,1H3,(H3,19,20). The van der Waals surface area contributed by atoms with E-state index >= 15 is 0 Å². The number of amidine groups is 1. The molecule has 0 aliphatic rings. The van der Waals surface area contributed by atoms with Crippen LogP contribution in [0.15, 0.2) is 57.7 Å². The number of hydrogen-bond acceptors (Lipinski definition) is 4. The van der Waals surface area contributed by atoms with Gasteiger partial charge in [0.05, 0.1) is 5.39 Å². The molecule has 3 aromatic rings. The molecule has 0 atom stereocenters. The Balaban J connectivity index is 2.21. The summed E-state index contributed by atoms with van der Waals surface area (Å²) in [5, 5.41) is 7.97. The molecule has 116 valence electrons. The van der Waals surface area contributed by atoms with E-state index in [1.54, 1.807) is 0 Å². The van der Waals surface area contributed by atoms with Gasteiger partial charge in [0.25, 0.3) is 0 Å². The number of nitrogens with one attached hydrogen (secondary N) is 1. The lowest BCUT2D eigenvalue weighted by atomic mass is 10.1. The molecule has 0 saturated heterocycles. The Hall–Kier alpha value is -2.53. The van der Waals surface area contributed by atoms with E-state index in [2.05, 4.69) is 0 Å². The molecule has 0 unspecified atom stereocenters. The van der Waals surface area contributed by atoms with Crippen molar-refractivity contribution in [3.63, 3.8) is 0 Å². The maximum absolute atomic E-state index is 12.5. The summed E-state index contributed by atoms with van der Waals surface area (Å²) in [6.45, 7) is 1.94. The number of benzene rings is 2. The SMILES string of the molecule is Cc1cc(CSC(=N)N)c2oc(-c3ccccc3)cc(=O)c2c1. The van der Waals surface area contributed by atoms with Gasteiger partial charge in [-0.25, -0.2) is 0 Å². The van der Waals surface area contributed by atoms with E-state index in [9.17, 15) is 4.79 Å². The second-order valence-corrected chi connectivity index (χ2v) is 6.31. The number of thioether (sulfide) groups is 1. The quantitative estimate of drug-likeness (QED) is 0.566. The number of fused-ring (bicyclic) bond motifs is 1. The third-order valence-electron chi connectivity index (χ3n) is 3.49. The van der Waals surface area contributed by atoms with Crippen LogP contribution in [0.1, 0.15) is 11.1 Å². The monoisotopic (exact) mass is 324 g/mol. The smallest absolute Gasteiger partial charge is 0.193 e. The largest absolute Gasteiger partial charge is 0.455 e. The van der Waals surface area contributed by atoms with Crippen LogP contribution in [0, 0.1) is 12.3 Å². The number of rotatable bonds is 3.